The lowest BCUT2D eigenvalue weighted by Crippen LogP contribution is -1.89. The zero-order chi connectivity index (χ0) is 12.3. The minimum absolute atomic E-state index is 0.486. The van der Waals surface area contributed by atoms with Gasteiger partial charge in [-0.2, -0.15) is 0 Å². The molecule has 5 heteroatoms. The van der Waals surface area contributed by atoms with Crippen molar-refractivity contribution in [3.63, 3.8) is 0 Å². The number of ether oxygens (including phenoxy) is 2. The van der Waals surface area contributed by atoms with Gasteiger partial charge < -0.3 is 9.47 Å². The molecule has 0 fully saturated rings. The van der Waals surface area contributed by atoms with Crippen molar-refractivity contribution in [2.45, 2.75) is 0 Å². The van der Waals surface area contributed by atoms with E-state index in [-0.39, 0.29) is 0 Å². The van der Waals surface area contributed by atoms with E-state index < -0.39 is 0 Å². The first kappa shape index (κ1) is 12.2. The number of nitrogens with zero attached hydrogens (tertiary/aromatic N) is 1. The zero-order valence-electron chi connectivity index (χ0n) is 8.98. The normalized spacial score (nSPS) is 10.1. The van der Waals surface area contributed by atoms with E-state index in [2.05, 4.69) is 20.9 Å². The van der Waals surface area contributed by atoms with Gasteiger partial charge in [-0.15, -0.1) is 0 Å². The molecule has 2 aromatic rings. The maximum atomic E-state index is 5.74. The molecule has 0 saturated heterocycles. The zero-order valence-corrected chi connectivity index (χ0v) is 11.3. The lowest BCUT2D eigenvalue weighted by molar-refractivity contribution is 0.411. The van der Waals surface area contributed by atoms with E-state index in [0.29, 0.717) is 16.7 Å². The van der Waals surface area contributed by atoms with Crippen LogP contribution in [0.4, 0.5) is 0 Å². The number of hydrogen-bond donors (Lipinski definition) is 0. The van der Waals surface area contributed by atoms with Crippen LogP contribution in [0, 0.1) is 0 Å². The van der Waals surface area contributed by atoms with Crippen LogP contribution in [-0.4, -0.2) is 12.1 Å². The monoisotopic (exact) mass is 313 g/mol. The summed E-state index contributed by atoms with van der Waals surface area (Å²) >= 11 is 9.14. The topological polar surface area (TPSA) is 31.4 Å². The second-order valence-electron chi connectivity index (χ2n) is 3.21. The molecule has 1 heterocycles. The molecule has 0 radical (unpaired) electrons. The highest BCUT2D eigenvalue weighted by molar-refractivity contribution is 9.10. The van der Waals surface area contributed by atoms with Crippen molar-refractivity contribution < 1.29 is 9.47 Å². The first-order chi connectivity index (χ1) is 8.19. The van der Waals surface area contributed by atoms with Gasteiger partial charge in [-0.25, -0.2) is 4.98 Å². The predicted octanol–water partition coefficient (Wildman–Crippen LogP) is 4.30. The van der Waals surface area contributed by atoms with E-state index in [4.69, 9.17) is 21.1 Å². The predicted molar refractivity (Wildman–Crippen MR) is 70.0 cm³/mol. The summed E-state index contributed by atoms with van der Waals surface area (Å²) in [6, 6.07) is 8.88. The van der Waals surface area contributed by atoms with Gasteiger partial charge in [0.25, 0.3) is 0 Å². The first-order valence-electron chi connectivity index (χ1n) is 4.82. The molecule has 1 aromatic heterocycles. The molecule has 3 nitrogen and oxygen atoms in total. The molecular weight excluding hydrogens is 305 g/mol. The van der Waals surface area contributed by atoms with E-state index in [0.717, 1.165) is 10.2 Å². The van der Waals surface area contributed by atoms with Crippen molar-refractivity contribution in [3.8, 4) is 17.4 Å². The molecule has 0 aliphatic carbocycles. The maximum Gasteiger partial charge on any atom is 0.219 e. The minimum Gasteiger partial charge on any atom is -0.497 e. The Balaban J connectivity index is 2.21. The van der Waals surface area contributed by atoms with Gasteiger partial charge in [-0.1, -0.05) is 11.6 Å². The molecule has 0 saturated carbocycles. The minimum atomic E-state index is 0.486. The Morgan fingerprint density at radius 3 is 2.65 bits per heavy atom. The van der Waals surface area contributed by atoms with Crippen molar-refractivity contribution in [1.82, 2.24) is 4.98 Å². The summed E-state index contributed by atoms with van der Waals surface area (Å²) in [7, 11) is 1.61. The van der Waals surface area contributed by atoms with Crippen LogP contribution in [0.3, 0.4) is 0 Å². The summed E-state index contributed by atoms with van der Waals surface area (Å²) in [5.74, 6) is 1.91. The summed E-state index contributed by atoms with van der Waals surface area (Å²) in [5, 5.41) is 0.575. The van der Waals surface area contributed by atoms with Gasteiger partial charge in [-0.05, 0) is 40.2 Å². The third kappa shape index (κ3) is 3.11. The van der Waals surface area contributed by atoms with E-state index >= 15 is 0 Å². The Morgan fingerprint density at radius 1 is 1.24 bits per heavy atom. The van der Waals surface area contributed by atoms with Crippen LogP contribution < -0.4 is 9.47 Å². The van der Waals surface area contributed by atoms with Crippen LogP contribution in [0.5, 0.6) is 17.4 Å². The Bertz CT molecular complexity index is 516. The number of rotatable bonds is 3. The van der Waals surface area contributed by atoms with Crippen LogP contribution in [0.15, 0.2) is 41.0 Å². The second kappa shape index (κ2) is 5.38. The smallest absolute Gasteiger partial charge is 0.219 e. The van der Waals surface area contributed by atoms with Crippen LogP contribution in [-0.2, 0) is 0 Å². The highest BCUT2D eigenvalue weighted by Crippen LogP contribution is 2.32. The average Bonchev–Trinajstić information content (AvgIpc) is 2.34. The third-order valence-corrected chi connectivity index (χ3v) is 2.90. The third-order valence-electron chi connectivity index (χ3n) is 2.05. The fourth-order valence-electron chi connectivity index (χ4n) is 1.23. The van der Waals surface area contributed by atoms with E-state index in [9.17, 15) is 0 Å². The molecule has 1 aromatic carbocycles. The highest BCUT2D eigenvalue weighted by atomic mass is 79.9. The summed E-state index contributed by atoms with van der Waals surface area (Å²) in [6.45, 7) is 0. The van der Waals surface area contributed by atoms with Crippen molar-refractivity contribution in [3.05, 3.63) is 46.0 Å². The SMILES string of the molecule is COc1ccc(Oc2ccc(Cl)cn2)c(Br)c1. The Morgan fingerprint density at radius 2 is 2.06 bits per heavy atom. The largest absolute Gasteiger partial charge is 0.497 e. The molecule has 0 spiro atoms. The number of halogens is 2. The summed E-state index contributed by atoms with van der Waals surface area (Å²) < 4.78 is 11.5. The second-order valence-corrected chi connectivity index (χ2v) is 4.50. The number of pyridine rings is 1. The average molecular weight is 315 g/mol. The van der Waals surface area contributed by atoms with Crippen molar-refractivity contribution in [2.24, 2.45) is 0 Å². The molecule has 88 valence electrons. The van der Waals surface area contributed by atoms with Gasteiger partial charge in [0.1, 0.15) is 11.5 Å². The molecular formula is C12H9BrClNO2. The van der Waals surface area contributed by atoms with E-state index in [1.54, 1.807) is 25.3 Å². The first-order valence-corrected chi connectivity index (χ1v) is 5.99. The van der Waals surface area contributed by atoms with Crippen LogP contribution in [0.2, 0.25) is 5.02 Å². The number of methoxy groups -OCH3 is 1. The van der Waals surface area contributed by atoms with Crippen LogP contribution in [0.25, 0.3) is 0 Å². The van der Waals surface area contributed by atoms with E-state index in [1.165, 1.54) is 6.20 Å². The maximum absolute atomic E-state index is 5.74. The van der Waals surface area contributed by atoms with Gasteiger partial charge in [0, 0.05) is 12.3 Å². The summed E-state index contributed by atoms with van der Waals surface area (Å²) in [6.07, 6.45) is 1.54. The molecule has 0 amide bonds. The molecule has 0 unspecified atom stereocenters. The van der Waals surface area contributed by atoms with Gasteiger partial charge in [0.05, 0.1) is 16.6 Å². The van der Waals surface area contributed by atoms with Crippen molar-refractivity contribution in [2.75, 3.05) is 7.11 Å². The molecule has 0 aliphatic heterocycles. The van der Waals surface area contributed by atoms with Crippen molar-refractivity contribution >= 4 is 27.5 Å². The summed E-state index contributed by atoms with van der Waals surface area (Å²) in [5.41, 5.74) is 0. The molecule has 17 heavy (non-hydrogen) atoms. The molecule has 0 N–H and O–H groups in total. The molecule has 0 atom stereocenters. The lowest BCUT2D eigenvalue weighted by atomic mass is 10.3. The molecule has 0 aliphatic rings. The Labute approximate surface area is 112 Å². The number of benzene rings is 1. The molecule has 2 rings (SSSR count). The van der Waals surface area contributed by atoms with Crippen LogP contribution >= 0.6 is 27.5 Å². The Hall–Kier alpha value is -1.26. The molecule has 0 bridgehead atoms. The number of hydrogen-bond acceptors (Lipinski definition) is 3. The fourth-order valence-corrected chi connectivity index (χ4v) is 1.78. The quantitative estimate of drug-likeness (QED) is 0.846. The lowest BCUT2D eigenvalue weighted by Gasteiger charge is -2.08. The number of aromatic nitrogens is 1. The van der Waals surface area contributed by atoms with Gasteiger partial charge >= 0.3 is 0 Å². The van der Waals surface area contributed by atoms with Gasteiger partial charge in [-0.3, -0.25) is 0 Å². The summed E-state index contributed by atoms with van der Waals surface area (Å²) in [4.78, 5) is 4.05. The van der Waals surface area contributed by atoms with Crippen LogP contribution in [0.1, 0.15) is 0 Å². The standard InChI is InChI=1S/C12H9BrClNO2/c1-16-9-3-4-11(10(13)6-9)17-12-5-2-8(14)7-15-12/h2-7H,1H3. The van der Waals surface area contributed by atoms with E-state index in [1.807, 2.05) is 12.1 Å². The highest BCUT2D eigenvalue weighted by Gasteiger charge is 2.05. The van der Waals surface area contributed by atoms with Gasteiger partial charge in [0.2, 0.25) is 5.88 Å². The van der Waals surface area contributed by atoms with Gasteiger partial charge in [0.15, 0.2) is 0 Å². The van der Waals surface area contributed by atoms with Crippen molar-refractivity contribution in [1.29, 1.82) is 0 Å². The Kier molecular flexibility index (Phi) is 3.86. The fraction of sp³-hybridized carbons (Fsp3) is 0.0833.